The molecule has 2 amide bonds. The number of anilines is 2. The number of cyclic esters (lactones) is 1. The van der Waals surface area contributed by atoms with Crippen LogP contribution in [0.15, 0.2) is 24.4 Å². The molecule has 2 saturated heterocycles. The monoisotopic (exact) mass is 433 g/mol. The third kappa shape index (κ3) is 3.24. The van der Waals surface area contributed by atoms with E-state index >= 15 is 0 Å². The summed E-state index contributed by atoms with van der Waals surface area (Å²) in [4.78, 5) is 31.1. The molecule has 0 bridgehead atoms. The number of primary amides is 1. The van der Waals surface area contributed by atoms with Gasteiger partial charge in [-0.05, 0) is 25.0 Å². The number of alkyl halides is 2. The fourth-order valence-corrected chi connectivity index (χ4v) is 4.41. The average Bonchev–Trinajstić information content (AvgIpc) is 3.44. The lowest BCUT2D eigenvalue weighted by Gasteiger charge is -2.25. The van der Waals surface area contributed by atoms with Crippen molar-refractivity contribution < 1.29 is 27.8 Å². The van der Waals surface area contributed by atoms with Crippen molar-refractivity contribution in [2.24, 2.45) is 5.73 Å². The van der Waals surface area contributed by atoms with Gasteiger partial charge in [0.1, 0.15) is 36.9 Å². The molecule has 3 aliphatic rings. The third-order valence-corrected chi connectivity index (χ3v) is 5.92. The first-order valence-electron chi connectivity index (χ1n) is 10.1. The number of nitrogens with zero attached hydrogens (tertiary/aromatic N) is 4. The molecule has 9 nitrogen and oxygen atoms in total. The summed E-state index contributed by atoms with van der Waals surface area (Å²) in [6.07, 6.45) is -0.441. The van der Waals surface area contributed by atoms with E-state index in [4.69, 9.17) is 15.2 Å². The SMILES string of the molecule is NC(=O)[C@@H]1CCCN1c1ccc2c(c1)OCCn1cc(N3C(=O)OCC3C(F)F)nc1-2. The second-order valence-corrected chi connectivity index (χ2v) is 7.75. The Hall–Kier alpha value is -3.37. The summed E-state index contributed by atoms with van der Waals surface area (Å²) in [5, 5.41) is 0. The Morgan fingerprint density at radius 2 is 2.10 bits per heavy atom. The molecule has 164 valence electrons. The van der Waals surface area contributed by atoms with Gasteiger partial charge in [-0.3, -0.25) is 4.79 Å². The number of imidazole rings is 1. The Bertz CT molecular complexity index is 1040. The minimum absolute atomic E-state index is 0.119. The van der Waals surface area contributed by atoms with Crippen molar-refractivity contribution in [1.82, 2.24) is 9.55 Å². The predicted octanol–water partition coefficient (Wildman–Crippen LogP) is 1.99. The third-order valence-electron chi connectivity index (χ3n) is 5.92. The molecule has 2 aromatic rings. The number of rotatable bonds is 4. The predicted molar refractivity (Wildman–Crippen MR) is 106 cm³/mol. The van der Waals surface area contributed by atoms with Crippen LogP contribution in [0.2, 0.25) is 0 Å². The van der Waals surface area contributed by atoms with E-state index in [1.807, 2.05) is 23.1 Å². The van der Waals surface area contributed by atoms with E-state index in [0.29, 0.717) is 36.7 Å². The van der Waals surface area contributed by atoms with Crippen LogP contribution in [0, 0.1) is 0 Å². The minimum atomic E-state index is -2.75. The molecule has 0 saturated carbocycles. The van der Waals surface area contributed by atoms with E-state index in [1.54, 1.807) is 10.8 Å². The van der Waals surface area contributed by atoms with Crippen LogP contribution in [0.3, 0.4) is 0 Å². The van der Waals surface area contributed by atoms with Crippen molar-refractivity contribution in [2.75, 3.05) is 29.6 Å². The number of carbonyl (C=O) groups is 2. The highest BCUT2D eigenvalue weighted by molar-refractivity contribution is 5.90. The van der Waals surface area contributed by atoms with Crippen molar-refractivity contribution in [2.45, 2.75) is 37.9 Å². The number of aromatic nitrogens is 2. The van der Waals surface area contributed by atoms with Crippen LogP contribution in [0.25, 0.3) is 11.4 Å². The number of ether oxygens (including phenoxy) is 2. The summed E-state index contributed by atoms with van der Waals surface area (Å²) in [5.74, 6) is 0.834. The summed E-state index contributed by atoms with van der Waals surface area (Å²) in [6.45, 7) is 1.11. The fraction of sp³-hybridized carbons (Fsp3) is 0.450. The fourth-order valence-electron chi connectivity index (χ4n) is 4.41. The Kier molecular flexibility index (Phi) is 4.67. The van der Waals surface area contributed by atoms with E-state index in [9.17, 15) is 18.4 Å². The van der Waals surface area contributed by atoms with Crippen LogP contribution in [-0.2, 0) is 16.1 Å². The number of carbonyl (C=O) groups excluding carboxylic acids is 2. The molecule has 1 aromatic heterocycles. The van der Waals surface area contributed by atoms with E-state index in [1.165, 1.54) is 0 Å². The Balaban J connectivity index is 1.51. The molecule has 0 spiro atoms. The van der Waals surface area contributed by atoms with Crippen LogP contribution in [-0.4, -0.2) is 59.8 Å². The molecule has 1 unspecified atom stereocenters. The highest BCUT2D eigenvalue weighted by Crippen LogP contribution is 2.38. The van der Waals surface area contributed by atoms with Gasteiger partial charge in [0, 0.05) is 24.5 Å². The number of benzene rings is 1. The quantitative estimate of drug-likeness (QED) is 0.791. The van der Waals surface area contributed by atoms with Crippen molar-refractivity contribution in [3.8, 4) is 17.1 Å². The lowest BCUT2D eigenvalue weighted by atomic mass is 10.1. The van der Waals surface area contributed by atoms with E-state index < -0.39 is 18.6 Å². The lowest BCUT2D eigenvalue weighted by molar-refractivity contribution is -0.119. The largest absolute Gasteiger partial charge is 0.491 e. The second kappa shape index (κ2) is 7.40. The summed E-state index contributed by atoms with van der Waals surface area (Å²) in [7, 11) is 0. The molecule has 2 N–H and O–H groups in total. The van der Waals surface area contributed by atoms with Crippen LogP contribution in [0.4, 0.5) is 25.1 Å². The maximum Gasteiger partial charge on any atom is 0.416 e. The summed E-state index contributed by atoms with van der Waals surface area (Å²) in [5.41, 5.74) is 7.03. The molecule has 3 aliphatic heterocycles. The maximum atomic E-state index is 13.4. The number of hydrogen-bond acceptors (Lipinski definition) is 6. The van der Waals surface area contributed by atoms with Crippen molar-refractivity contribution in [3.63, 3.8) is 0 Å². The summed E-state index contributed by atoms with van der Waals surface area (Å²) >= 11 is 0. The molecule has 2 atom stereocenters. The van der Waals surface area contributed by atoms with Gasteiger partial charge in [-0.15, -0.1) is 0 Å². The van der Waals surface area contributed by atoms with E-state index in [2.05, 4.69) is 4.98 Å². The Morgan fingerprint density at radius 1 is 1.26 bits per heavy atom. The van der Waals surface area contributed by atoms with Gasteiger partial charge in [0.2, 0.25) is 5.91 Å². The lowest BCUT2D eigenvalue weighted by Crippen LogP contribution is -2.40. The molecule has 11 heteroatoms. The van der Waals surface area contributed by atoms with Crippen LogP contribution >= 0.6 is 0 Å². The molecule has 0 aliphatic carbocycles. The van der Waals surface area contributed by atoms with Gasteiger partial charge in [-0.2, -0.15) is 0 Å². The topological polar surface area (TPSA) is 103 Å². The van der Waals surface area contributed by atoms with Crippen LogP contribution in [0.5, 0.6) is 5.75 Å². The van der Waals surface area contributed by atoms with Gasteiger partial charge in [0.05, 0.1) is 12.1 Å². The molecule has 0 radical (unpaired) electrons. The van der Waals surface area contributed by atoms with Crippen LogP contribution < -0.4 is 20.3 Å². The van der Waals surface area contributed by atoms with Crippen molar-refractivity contribution >= 4 is 23.5 Å². The zero-order valence-corrected chi connectivity index (χ0v) is 16.5. The zero-order chi connectivity index (χ0) is 21.7. The standard InChI is InChI=1S/C20H21F2N5O4/c21-17(22)14-10-31-20(29)27(14)16-9-25-6-7-30-15-8-11(3-4-12(15)19(25)24-16)26-5-1-2-13(26)18(23)28/h3-4,8-9,13-14,17H,1-2,5-7,10H2,(H2,23,28)/t13-,14?/m0/s1. The summed E-state index contributed by atoms with van der Waals surface area (Å²) in [6, 6.07) is 3.80. The highest BCUT2D eigenvalue weighted by atomic mass is 19.3. The molecular formula is C20H21F2N5O4. The van der Waals surface area contributed by atoms with Crippen molar-refractivity contribution in [1.29, 1.82) is 0 Å². The van der Waals surface area contributed by atoms with Gasteiger partial charge in [-0.25, -0.2) is 23.5 Å². The molecule has 31 heavy (non-hydrogen) atoms. The van der Waals surface area contributed by atoms with E-state index in [0.717, 1.165) is 23.6 Å². The number of fused-ring (bicyclic) bond motifs is 3. The normalized spacial score (nSPS) is 22.7. The number of nitrogens with two attached hydrogens (primary N) is 1. The summed E-state index contributed by atoms with van der Waals surface area (Å²) < 4.78 is 39.2. The first-order valence-corrected chi connectivity index (χ1v) is 10.1. The van der Waals surface area contributed by atoms with Gasteiger partial charge in [0.15, 0.2) is 5.82 Å². The van der Waals surface area contributed by atoms with Crippen molar-refractivity contribution in [3.05, 3.63) is 24.4 Å². The smallest absolute Gasteiger partial charge is 0.416 e. The molecule has 2 fully saturated rings. The maximum absolute atomic E-state index is 13.4. The first-order chi connectivity index (χ1) is 14.9. The van der Waals surface area contributed by atoms with Gasteiger partial charge in [0.25, 0.3) is 6.43 Å². The Labute approximate surface area is 176 Å². The molecule has 1 aromatic carbocycles. The van der Waals surface area contributed by atoms with E-state index in [-0.39, 0.29) is 24.4 Å². The number of halogens is 2. The average molecular weight is 433 g/mol. The number of amides is 2. The second-order valence-electron chi connectivity index (χ2n) is 7.75. The Morgan fingerprint density at radius 3 is 2.87 bits per heavy atom. The zero-order valence-electron chi connectivity index (χ0n) is 16.5. The van der Waals surface area contributed by atoms with Crippen LogP contribution in [0.1, 0.15) is 12.8 Å². The molecular weight excluding hydrogens is 412 g/mol. The molecule has 4 heterocycles. The van der Waals surface area contributed by atoms with Gasteiger partial charge < -0.3 is 24.7 Å². The number of hydrogen-bond donors (Lipinski definition) is 1. The molecule has 5 rings (SSSR count). The van der Waals surface area contributed by atoms with Gasteiger partial charge in [-0.1, -0.05) is 0 Å². The highest BCUT2D eigenvalue weighted by Gasteiger charge is 2.42. The minimum Gasteiger partial charge on any atom is -0.491 e. The first kappa shape index (κ1) is 19.6. The van der Waals surface area contributed by atoms with Gasteiger partial charge >= 0.3 is 6.09 Å².